The fourth-order valence-corrected chi connectivity index (χ4v) is 5.75. The Balaban J connectivity index is 1.57. The van der Waals surface area contributed by atoms with Crippen molar-refractivity contribution in [3.63, 3.8) is 0 Å². The van der Waals surface area contributed by atoms with Gasteiger partial charge in [0.25, 0.3) is 0 Å². The van der Waals surface area contributed by atoms with Crippen molar-refractivity contribution in [2.24, 2.45) is 0 Å². The highest BCUT2D eigenvalue weighted by molar-refractivity contribution is 7.90. The number of hydrogen-bond donors (Lipinski definition) is 1. The average molecular weight is 603 g/mol. The molecule has 8 heteroatoms. The second kappa shape index (κ2) is 13.9. The second-order valence-corrected chi connectivity index (χ2v) is 12.6. The second-order valence-electron chi connectivity index (χ2n) is 10.2. The number of terminal acetylenes is 1. The number of sulfone groups is 1. The molecular formula is C34H35ClN2O4S. The van der Waals surface area contributed by atoms with Crippen molar-refractivity contribution in [1.29, 1.82) is 0 Å². The minimum absolute atomic E-state index is 0.218. The van der Waals surface area contributed by atoms with E-state index in [1.165, 1.54) is 12.5 Å². The summed E-state index contributed by atoms with van der Waals surface area (Å²) in [6, 6.07) is 17.7. The Morgan fingerprint density at radius 3 is 2.36 bits per heavy atom. The maximum atomic E-state index is 12.0. The van der Waals surface area contributed by atoms with Crippen LogP contribution in [-0.4, -0.2) is 33.3 Å². The molecule has 6 nitrogen and oxygen atoms in total. The molecular weight excluding hydrogens is 568 g/mol. The third-order valence-electron chi connectivity index (χ3n) is 7.22. The van der Waals surface area contributed by atoms with Crippen LogP contribution in [-0.2, 0) is 35.8 Å². The monoisotopic (exact) mass is 602 g/mol. The lowest BCUT2D eigenvalue weighted by Gasteiger charge is -2.18. The average Bonchev–Trinajstić information content (AvgIpc) is 2.96. The van der Waals surface area contributed by atoms with Crippen molar-refractivity contribution in [1.82, 2.24) is 10.3 Å². The molecule has 42 heavy (non-hydrogen) atoms. The summed E-state index contributed by atoms with van der Waals surface area (Å²) in [5, 5.41) is 3.73. The first-order valence-corrected chi connectivity index (χ1v) is 15.9. The zero-order valence-electron chi connectivity index (χ0n) is 24.3. The van der Waals surface area contributed by atoms with E-state index in [0.29, 0.717) is 36.8 Å². The number of rotatable bonds is 12. The highest BCUT2D eigenvalue weighted by atomic mass is 35.5. The molecule has 3 aromatic carbocycles. The van der Waals surface area contributed by atoms with Gasteiger partial charge in [-0.05, 0) is 103 Å². The van der Waals surface area contributed by atoms with Crippen LogP contribution in [0.25, 0.3) is 11.1 Å². The molecule has 0 aliphatic heterocycles. The lowest BCUT2D eigenvalue weighted by molar-refractivity contribution is 0.305. The maximum Gasteiger partial charge on any atom is 0.177 e. The van der Waals surface area contributed by atoms with Gasteiger partial charge in [0.15, 0.2) is 9.84 Å². The van der Waals surface area contributed by atoms with Gasteiger partial charge in [0.05, 0.1) is 9.92 Å². The summed E-state index contributed by atoms with van der Waals surface area (Å²) in [6.07, 6.45) is 10.9. The molecule has 0 amide bonds. The zero-order chi connectivity index (χ0) is 30.3. The first-order valence-electron chi connectivity index (χ1n) is 13.6. The topological polar surface area (TPSA) is 77.5 Å². The number of ether oxygens (including phenoxy) is 2. The molecule has 1 heterocycles. The van der Waals surface area contributed by atoms with Gasteiger partial charge in [-0.15, -0.1) is 6.42 Å². The van der Waals surface area contributed by atoms with E-state index in [9.17, 15) is 8.42 Å². The molecule has 0 aliphatic rings. The Kier molecular flexibility index (Phi) is 10.3. The van der Waals surface area contributed by atoms with Crippen molar-refractivity contribution in [3.05, 3.63) is 105 Å². The standard InChI is InChI=1S/C34H35ClN2O4S/c1-6-15-40-33-12-8-11-31(24(33)3)30-10-7-9-27(23(30)2)22-41-34-18-26(28(20-36-4)17-32(34)35)14-13-25-16-29(21-37-19-25)42(5,38)39/h1,7-12,16-19,21,36H,13-15,20,22H2,2-5H3. The Morgan fingerprint density at radius 2 is 1.64 bits per heavy atom. The third-order valence-corrected chi connectivity index (χ3v) is 8.59. The lowest BCUT2D eigenvalue weighted by atomic mass is 9.93. The number of aryl methyl sites for hydroxylation is 2. The van der Waals surface area contributed by atoms with Gasteiger partial charge in [0.2, 0.25) is 0 Å². The zero-order valence-corrected chi connectivity index (χ0v) is 25.9. The smallest absolute Gasteiger partial charge is 0.177 e. The van der Waals surface area contributed by atoms with Crippen molar-refractivity contribution >= 4 is 21.4 Å². The quantitative estimate of drug-likeness (QED) is 0.186. The maximum absolute atomic E-state index is 12.0. The number of hydrogen-bond acceptors (Lipinski definition) is 6. The number of nitrogens with zero attached hydrogens (tertiary/aromatic N) is 1. The van der Waals surface area contributed by atoms with Crippen LogP contribution in [0.15, 0.2) is 71.9 Å². The van der Waals surface area contributed by atoms with Gasteiger partial charge >= 0.3 is 0 Å². The van der Waals surface area contributed by atoms with Gasteiger partial charge in [-0.1, -0.05) is 47.9 Å². The Labute approximate surface area is 254 Å². The van der Waals surface area contributed by atoms with Crippen LogP contribution in [0.2, 0.25) is 5.02 Å². The Hall–Kier alpha value is -3.83. The first kappa shape index (κ1) is 31.1. The molecule has 0 radical (unpaired) electrons. The number of benzene rings is 3. The molecule has 1 aromatic heterocycles. The molecule has 1 N–H and O–H groups in total. The Bertz CT molecular complexity index is 1730. The lowest BCUT2D eigenvalue weighted by Crippen LogP contribution is -2.09. The van der Waals surface area contributed by atoms with Crippen LogP contribution in [0.5, 0.6) is 11.5 Å². The number of pyridine rings is 1. The van der Waals surface area contributed by atoms with Crippen LogP contribution in [0.1, 0.15) is 33.4 Å². The highest BCUT2D eigenvalue weighted by Crippen LogP contribution is 2.35. The minimum atomic E-state index is -3.33. The van der Waals surface area contributed by atoms with E-state index < -0.39 is 9.84 Å². The molecule has 0 atom stereocenters. The predicted octanol–water partition coefficient (Wildman–Crippen LogP) is 6.52. The van der Waals surface area contributed by atoms with Crippen LogP contribution in [0.3, 0.4) is 0 Å². The third kappa shape index (κ3) is 7.51. The Morgan fingerprint density at radius 1 is 0.905 bits per heavy atom. The van der Waals surface area contributed by atoms with Crippen molar-refractivity contribution in [2.45, 2.75) is 44.7 Å². The van der Waals surface area contributed by atoms with E-state index in [1.54, 1.807) is 12.3 Å². The van der Waals surface area contributed by atoms with Crippen molar-refractivity contribution in [3.8, 4) is 35.0 Å². The van der Waals surface area contributed by atoms with E-state index in [2.05, 4.69) is 41.3 Å². The molecule has 4 aromatic rings. The van der Waals surface area contributed by atoms with Gasteiger partial charge in [-0.3, -0.25) is 4.98 Å². The van der Waals surface area contributed by atoms with E-state index in [1.807, 2.05) is 44.3 Å². The highest BCUT2D eigenvalue weighted by Gasteiger charge is 2.15. The fourth-order valence-electron chi connectivity index (χ4n) is 4.89. The van der Waals surface area contributed by atoms with Crippen LogP contribution >= 0.6 is 11.6 Å². The molecule has 0 unspecified atom stereocenters. The van der Waals surface area contributed by atoms with E-state index >= 15 is 0 Å². The van der Waals surface area contributed by atoms with Crippen LogP contribution < -0.4 is 14.8 Å². The van der Waals surface area contributed by atoms with Crippen LogP contribution in [0, 0.1) is 26.2 Å². The summed E-state index contributed by atoms with van der Waals surface area (Å²) in [5.74, 6) is 3.89. The minimum Gasteiger partial charge on any atom is -0.487 e. The van der Waals surface area contributed by atoms with Gasteiger partial charge < -0.3 is 14.8 Å². The predicted molar refractivity (Wildman–Crippen MR) is 169 cm³/mol. The van der Waals surface area contributed by atoms with Gasteiger partial charge in [0, 0.05) is 25.2 Å². The summed E-state index contributed by atoms with van der Waals surface area (Å²) in [6.45, 7) is 5.32. The van der Waals surface area contributed by atoms with Crippen LogP contribution in [0.4, 0.5) is 0 Å². The summed E-state index contributed by atoms with van der Waals surface area (Å²) in [5.41, 5.74) is 8.33. The number of aromatic nitrogens is 1. The van der Waals surface area contributed by atoms with Gasteiger partial charge in [-0.2, -0.15) is 0 Å². The van der Waals surface area contributed by atoms with Gasteiger partial charge in [0.1, 0.15) is 24.7 Å². The van der Waals surface area contributed by atoms with Crippen molar-refractivity contribution < 1.29 is 17.9 Å². The molecule has 0 fully saturated rings. The summed E-state index contributed by atoms with van der Waals surface area (Å²) < 4.78 is 36.0. The van der Waals surface area contributed by atoms with Gasteiger partial charge in [-0.25, -0.2) is 8.42 Å². The summed E-state index contributed by atoms with van der Waals surface area (Å²) in [4.78, 5) is 4.34. The normalized spacial score (nSPS) is 11.2. The molecule has 0 saturated heterocycles. The largest absolute Gasteiger partial charge is 0.487 e. The molecule has 0 bridgehead atoms. The van der Waals surface area contributed by atoms with E-state index in [-0.39, 0.29) is 11.5 Å². The van der Waals surface area contributed by atoms with E-state index in [4.69, 9.17) is 27.5 Å². The molecule has 218 valence electrons. The molecule has 4 rings (SSSR count). The molecule has 0 spiro atoms. The summed E-state index contributed by atoms with van der Waals surface area (Å²) >= 11 is 6.68. The fraction of sp³-hybridized carbons (Fsp3) is 0.265. The number of nitrogens with one attached hydrogen (secondary N) is 1. The first-order chi connectivity index (χ1) is 20.1. The number of halogens is 1. The molecule has 0 saturated carbocycles. The summed E-state index contributed by atoms with van der Waals surface area (Å²) in [7, 11) is -1.44. The SMILES string of the molecule is C#CCOc1cccc(-c2cccc(COc3cc(CCc4cncc(S(C)(=O)=O)c4)c(CNC)cc3Cl)c2C)c1C. The molecule has 0 aliphatic carbocycles. The van der Waals surface area contributed by atoms with Crippen molar-refractivity contribution in [2.75, 3.05) is 19.9 Å². The van der Waals surface area contributed by atoms with E-state index in [0.717, 1.165) is 50.3 Å².